The Balaban J connectivity index is 2.49. The van der Waals surface area contributed by atoms with E-state index >= 15 is 0 Å². The van der Waals surface area contributed by atoms with E-state index in [1.165, 1.54) is 23.5 Å². The van der Waals surface area contributed by atoms with E-state index < -0.39 is 0 Å². The van der Waals surface area contributed by atoms with Crippen LogP contribution in [0.4, 0.5) is 0 Å². The first-order valence-corrected chi connectivity index (χ1v) is 5.56. The molecule has 1 aliphatic carbocycles. The zero-order valence-electron chi connectivity index (χ0n) is 8.98. The van der Waals surface area contributed by atoms with Crippen molar-refractivity contribution >= 4 is 0 Å². The number of hydrogen-bond acceptors (Lipinski definition) is 2. The zero-order valence-corrected chi connectivity index (χ0v) is 8.98. The normalized spacial score (nSPS) is 17.1. The molecule has 0 unspecified atom stereocenters. The first kappa shape index (κ1) is 10.2. The van der Waals surface area contributed by atoms with Crippen LogP contribution in [0.15, 0.2) is 21.9 Å². The molecule has 0 aromatic carbocycles. The first-order chi connectivity index (χ1) is 7.24. The fourth-order valence-corrected chi connectivity index (χ4v) is 2.28. The van der Waals surface area contributed by atoms with Crippen molar-refractivity contribution in [2.45, 2.75) is 45.2 Å². The maximum atomic E-state index is 11.9. The van der Waals surface area contributed by atoms with Crippen molar-refractivity contribution < 1.29 is 0 Å². The van der Waals surface area contributed by atoms with E-state index in [-0.39, 0.29) is 11.2 Å². The molecule has 1 aromatic heterocycles. The molecule has 4 nitrogen and oxygen atoms in total. The predicted octanol–water partition coefficient (Wildman–Crippen LogP) is 1.14. The van der Waals surface area contributed by atoms with Gasteiger partial charge in [-0.2, -0.15) is 0 Å². The first-order valence-electron chi connectivity index (χ1n) is 5.56. The van der Waals surface area contributed by atoms with Crippen LogP contribution in [0.3, 0.4) is 0 Å². The van der Waals surface area contributed by atoms with Crippen molar-refractivity contribution in [2.75, 3.05) is 0 Å². The summed E-state index contributed by atoms with van der Waals surface area (Å²) in [6.07, 6.45) is 6.13. The van der Waals surface area contributed by atoms with Gasteiger partial charge < -0.3 is 0 Å². The second-order valence-corrected chi connectivity index (χ2v) is 4.03. The maximum absolute atomic E-state index is 11.9. The Morgan fingerprint density at radius 2 is 2.00 bits per heavy atom. The van der Waals surface area contributed by atoms with E-state index in [1.54, 1.807) is 10.8 Å². The largest absolute Gasteiger partial charge is 0.331 e. The molecule has 0 atom stereocenters. The predicted molar refractivity (Wildman–Crippen MR) is 58.1 cm³/mol. The fraction of sp³-hybridized carbons (Fsp3) is 0.636. The van der Waals surface area contributed by atoms with Crippen LogP contribution in [0.2, 0.25) is 0 Å². The summed E-state index contributed by atoms with van der Waals surface area (Å²) < 4.78 is 3.01. The van der Waals surface area contributed by atoms with Crippen LogP contribution in [0.1, 0.15) is 38.6 Å². The molecule has 0 bridgehead atoms. The van der Waals surface area contributed by atoms with Gasteiger partial charge in [-0.05, 0) is 19.8 Å². The molecule has 0 amide bonds. The lowest BCUT2D eigenvalue weighted by atomic mass is 10.2. The van der Waals surface area contributed by atoms with E-state index in [0.29, 0.717) is 12.6 Å². The molecule has 0 saturated heterocycles. The van der Waals surface area contributed by atoms with Gasteiger partial charge in [-0.1, -0.05) is 12.8 Å². The van der Waals surface area contributed by atoms with E-state index in [2.05, 4.69) is 0 Å². The molecule has 1 heterocycles. The second-order valence-electron chi connectivity index (χ2n) is 4.03. The molecular weight excluding hydrogens is 192 g/mol. The van der Waals surface area contributed by atoms with Crippen LogP contribution in [0, 0.1) is 0 Å². The van der Waals surface area contributed by atoms with Crippen molar-refractivity contribution in [3.05, 3.63) is 33.1 Å². The molecule has 0 radical (unpaired) electrons. The third kappa shape index (κ3) is 1.76. The summed E-state index contributed by atoms with van der Waals surface area (Å²) in [7, 11) is 0. The monoisotopic (exact) mass is 208 g/mol. The molecule has 15 heavy (non-hydrogen) atoms. The highest BCUT2D eigenvalue weighted by atomic mass is 16.2. The average Bonchev–Trinajstić information content (AvgIpc) is 2.71. The molecular formula is C11H16N2O2. The zero-order chi connectivity index (χ0) is 10.8. The van der Waals surface area contributed by atoms with Crippen LogP contribution < -0.4 is 11.2 Å². The van der Waals surface area contributed by atoms with Gasteiger partial charge in [-0.3, -0.25) is 13.9 Å². The highest BCUT2D eigenvalue weighted by Crippen LogP contribution is 2.27. The van der Waals surface area contributed by atoms with Crippen molar-refractivity contribution in [2.24, 2.45) is 0 Å². The summed E-state index contributed by atoms with van der Waals surface area (Å²) >= 11 is 0. The van der Waals surface area contributed by atoms with Crippen LogP contribution in [0.5, 0.6) is 0 Å². The lowest BCUT2D eigenvalue weighted by molar-refractivity contribution is 0.464. The van der Waals surface area contributed by atoms with Crippen LogP contribution in [-0.4, -0.2) is 9.13 Å². The SMILES string of the molecule is CCn1c(=O)ccn(C2CCCC2)c1=O. The van der Waals surface area contributed by atoms with Gasteiger partial charge in [0.2, 0.25) is 0 Å². The summed E-state index contributed by atoms with van der Waals surface area (Å²) in [5, 5.41) is 0. The molecule has 0 aliphatic heterocycles. The van der Waals surface area contributed by atoms with Gasteiger partial charge in [0.05, 0.1) is 0 Å². The molecule has 0 spiro atoms. The van der Waals surface area contributed by atoms with Crippen molar-refractivity contribution in [3.63, 3.8) is 0 Å². The quantitative estimate of drug-likeness (QED) is 0.731. The van der Waals surface area contributed by atoms with Gasteiger partial charge in [0.15, 0.2) is 0 Å². The summed E-state index contributed by atoms with van der Waals surface area (Å²) in [6, 6.07) is 1.79. The molecule has 1 saturated carbocycles. The van der Waals surface area contributed by atoms with Crippen molar-refractivity contribution in [3.8, 4) is 0 Å². The van der Waals surface area contributed by atoms with Crippen LogP contribution in [0.25, 0.3) is 0 Å². The third-order valence-electron chi connectivity index (χ3n) is 3.13. The van der Waals surface area contributed by atoms with Gasteiger partial charge >= 0.3 is 5.69 Å². The van der Waals surface area contributed by atoms with E-state index in [4.69, 9.17) is 0 Å². The summed E-state index contributed by atoms with van der Waals surface area (Å²) in [5.41, 5.74) is -0.353. The van der Waals surface area contributed by atoms with Crippen LogP contribution >= 0.6 is 0 Å². The molecule has 2 rings (SSSR count). The Kier molecular flexibility index (Phi) is 2.75. The number of nitrogens with zero attached hydrogens (tertiary/aromatic N) is 2. The van der Waals surface area contributed by atoms with Crippen molar-refractivity contribution in [1.29, 1.82) is 0 Å². The standard InChI is InChI=1S/C11H16N2O2/c1-2-12-10(14)7-8-13(11(12)15)9-5-3-4-6-9/h7-9H,2-6H2,1H3. The molecule has 0 N–H and O–H groups in total. The van der Waals surface area contributed by atoms with E-state index in [0.717, 1.165) is 12.8 Å². The molecule has 4 heteroatoms. The van der Waals surface area contributed by atoms with Crippen molar-refractivity contribution in [1.82, 2.24) is 9.13 Å². The highest BCUT2D eigenvalue weighted by molar-refractivity contribution is 4.90. The van der Waals surface area contributed by atoms with Gasteiger partial charge in [0.25, 0.3) is 5.56 Å². The Bertz CT molecular complexity index is 452. The smallest absolute Gasteiger partial charge is 0.297 e. The fourth-order valence-electron chi connectivity index (χ4n) is 2.28. The maximum Gasteiger partial charge on any atom is 0.331 e. The summed E-state index contributed by atoms with van der Waals surface area (Å²) in [5.74, 6) is 0. The third-order valence-corrected chi connectivity index (χ3v) is 3.13. The van der Waals surface area contributed by atoms with E-state index in [9.17, 15) is 9.59 Å². The minimum Gasteiger partial charge on any atom is -0.297 e. The minimum absolute atomic E-state index is 0.156. The van der Waals surface area contributed by atoms with Gasteiger partial charge in [-0.25, -0.2) is 4.79 Å². The molecule has 1 aromatic rings. The highest BCUT2D eigenvalue weighted by Gasteiger charge is 2.18. The summed E-state index contributed by atoms with van der Waals surface area (Å²) in [6.45, 7) is 2.27. The molecule has 82 valence electrons. The lowest BCUT2D eigenvalue weighted by Gasteiger charge is -2.14. The Hall–Kier alpha value is -1.32. The lowest BCUT2D eigenvalue weighted by Crippen LogP contribution is -2.39. The Labute approximate surface area is 88.2 Å². The van der Waals surface area contributed by atoms with E-state index in [1.807, 2.05) is 6.92 Å². The Morgan fingerprint density at radius 3 is 2.60 bits per heavy atom. The van der Waals surface area contributed by atoms with Crippen LogP contribution in [-0.2, 0) is 6.54 Å². The molecule has 1 fully saturated rings. The average molecular weight is 208 g/mol. The Morgan fingerprint density at radius 1 is 1.33 bits per heavy atom. The topological polar surface area (TPSA) is 44.0 Å². The number of hydrogen-bond donors (Lipinski definition) is 0. The number of rotatable bonds is 2. The molecule has 1 aliphatic rings. The van der Waals surface area contributed by atoms with Gasteiger partial charge in [-0.15, -0.1) is 0 Å². The number of aromatic nitrogens is 2. The minimum atomic E-state index is -0.197. The summed E-state index contributed by atoms with van der Waals surface area (Å²) in [4.78, 5) is 23.3. The van der Waals surface area contributed by atoms with Gasteiger partial charge in [0.1, 0.15) is 0 Å². The van der Waals surface area contributed by atoms with Gasteiger partial charge in [0, 0.05) is 24.8 Å². The second kappa shape index (κ2) is 4.04.